The maximum Gasteiger partial charge on any atom is 0.237 e. The van der Waals surface area contributed by atoms with Crippen LogP contribution in [0.15, 0.2) is 0 Å². The summed E-state index contributed by atoms with van der Waals surface area (Å²) in [4.78, 5) is 24.8. The molecule has 1 aliphatic heterocycles. The summed E-state index contributed by atoms with van der Waals surface area (Å²) in [7, 11) is 0. The van der Waals surface area contributed by atoms with Gasteiger partial charge >= 0.3 is 0 Å². The molecule has 1 aliphatic rings. The first kappa shape index (κ1) is 12.2. The van der Waals surface area contributed by atoms with E-state index >= 15 is 0 Å². The predicted octanol–water partition coefficient (Wildman–Crippen LogP) is 0.566. The molecule has 1 fully saturated rings. The van der Waals surface area contributed by atoms with E-state index in [1.165, 1.54) is 0 Å². The van der Waals surface area contributed by atoms with Gasteiger partial charge in [0.05, 0.1) is 12.6 Å². The van der Waals surface area contributed by atoms with Gasteiger partial charge in [0.1, 0.15) is 5.78 Å². The van der Waals surface area contributed by atoms with Gasteiger partial charge in [-0.25, -0.2) is 0 Å². The Labute approximate surface area is 91.0 Å². The number of carbonyl (C=O) groups excluding carboxylic acids is 2. The van der Waals surface area contributed by atoms with Gasteiger partial charge in [0.25, 0.3) is 0 Å². The summed E-state index contributed by atoms with van der Waals surface area (Å²) in [6, 6.07) is -0.180. The second-order valence-electron chi connectivity index (χ2n) is 4.08. The van der Waals surface area contributed by atoms with Crippen molar-refractivity contribution in [1.82, 2.24) is 10.2 Å². The van der Waals surface area contributed by atoms with Gasteiger partial charge in [0, 0.05) is 13.0 Å². The SMILES string of the molecule is CCCNC(=O)C(C)N1CCCC(=O)C1. The fourth-order valence-corrected chi connectivity index (χ4v) is 1.76. The van der Waals surface area contributed by atoms with Crippen molar-refractivity contribution in [3.63, 3.8) is 0 Å². The van der Waals surface area contributed by atoms with Gasteiger partial charge in [0.15, 0.2) is 0 Å². The van der Waals surface area contributed by atoms with Crippen LogP contribution < -0.4 is 5.32 Å². The Bertz CT molecular complexity index is 241. The van der Waals surface area contributed by atoms with E-state index in [1.54, 1.807) is 0 Å². The minimum Gasteiger partial charge on any atom is -0.355 e. The Hall–Kier alpha value is -0.900. The van der Waals surface area contributed by atoms with Crippen molar-refractivity contribution >= 4 is 11.7 Å². The summed E-state index contributed by atoms with van der Waals surface area (Å²) < 4.78 is 0. The van der Waals surface area contributed by atoms with Crippen molar-refractivity contribution in [3.8, 4) is 0 Å². The van der Waals surface area contributed by atoms with Crippen LogP contribution in [0.4, 0.5) is 0 Å². The summed E-state index contributed by atoms with van der Waals surface area (Å²) in [5.41, 5.74) is 0. The maximum atomic E-state index is 11.6. The van der Waals surface area contributed by atoms with Gasteiger partial charge in [0.2, 0.25) is 5.91 Å². The van der Waals surface area contributed by atoms with Crippen molar-refractivity contribution in [2.24, 2.45) is 0 Å². The van der Waals surface area contributed by atoms with Crippen molar-refractivity contribution in [1.29, 1.82) is 0 Å². The molecule has 1 unspecified atom stereocenters. The minimum absolute atomic E-state index is 0.0338. The third-order valence-corrected chi connectivity index (χ3v) is 2.76. The van der Waals surface area contributed by atoms with E-state index in [-0.39, 0.29) is 17.7 Å². The van der Waals surface area contributed by atoms with Gasteiger partial charge < -0.3 is 5.32 Å². The molecule has 0 radical (unpaired) electrons. The molecule has 15 heavy (non-hydrogen) atoms. The lowest BCUT2D eigenvalue weighted by Gasteiger charge is -2.30. The molecular weight excluding hydrogens is 192 g/mol. The predicted molar refractivity (Wildman–Crippen MR) is 58.6 cm³/mol. The summed E-state index contributed by atoms with van der Waals surface area (Å²) in [5, 5.41) is 2.85. The molecule has 0 bridgehead atoms. The molecule has 1 amide bonds. The molecule has 0 aromatic rings. The van der Waals surface area contributed by atoms with E-state index in [0.29, 0.717) is 19.5 Å². The largest absolute Gasteiger partial charge is 0.355 e. The zero-order valence-corrected chi connectivity index (χ0v) is 9.58. The maximum absolute atomic E-state index is 11.6. The lowest BCUT2D eigenvalue weighted by molar-refractivity contribution is -0.129. The highest BCUT2D eigenvalue weighted by Gasteiger charge is 2.25. The van der Waals surface area contributed by atoms with Crippen LogP contribution in [0.25, 0.3) is 0 Å². The summed E-state index contributed by atoms with van der Waals surface area (Å²) >= 11 is 0. The Morgan fingerprint density at radius 3 is 2.93 bits per heavy atom. The van der Waals surface area contributed by atoms with E-state index in [4.69, 9.17) is 0 Å². The Morgan fingerprint density at radius 2 is 2.33 bits per heavy atom. The number of hydrogen-bond acceptors (Lipinski definition) is 3. The first-order valence-corrected chi connectivity index (χ1v) is 5.68. The number of likely N-dealkylation sites (tertiary alicyclic amines) is 1. The minimum atomic E-state index is -0.180. The van der Waals surface area contributed by atoms with Crippen LogP contribution in [-0.4, -0.2) is 42.3 Å². The van der Waals surface area contributed by atoms with Crippen LogP contribution in [0.5, 0.6) is 0 Å². The Morgan fingerprint density at radius 1 is 1.60 bits per heavy atom. The quantitative estimate of drug-likeness (QED) is 0.741. The number of ketones is 1. The van der Waals surface area contributed by atoms with Gasteiger partial charge in [-0.3, -0.25) is 14.5 Å². The third-order valence-electron chi connectivity index (χ3n) is 2.76. The van der Waals surface area contributed by atoms with Crippen LogP contribution in [0.3, 0.4) is 0 Å². The molecule has 4 nitrogen and oxygen atoms in total. The number of rotatable bonds is 4. The highest BCUT2D eigenvalue weighted by molar-refractivity contribution is 5.84. The smallest absolute Gasteiger partial charge is 0.237 e. The van der Waals surface area contributed by atoms with E-state index in [0.717, 1.165) is 19.4 Å². The van der Waals surface area contributed by atoms with Gasteiger partial charge in [-0.1, -0.05) is 6.92 Å². The molecule has 1 atom stereocenters. The molecule has 0 saturated carbocycles. The van der Waals surface area contributed by atoms with Crippen LogP contribution in [0.1, 0.15) is 33.1 Å². The second-order valence-corrected chi connectivity index (χ2v) is 4.08. The van der Waals surface area contributed by atoms with Crippen LogP contribution in [-0.2, 0) is 9.59 Å². The van der Waals surface area contributed by atoms with E-state index in [2.05, 4.69) is 5.32 Å². The Kier molecular flexibility index (Phi) is 4.75. The molecule has 0 spiro atoms. The monoisotopic (exact) mass is 212 g/mol. The zero-order valence-electron chi connectivity index (χ0n) is 9.58. The topological polar surface area (TPSA) is 49.4 Å². The zero-order chi connectivity index (χ0) is 11.3. The van der Waals surface area contributed by atoms with Crippen molar-refractivity contribution in [2.45, 2.75) is 39.2 Å². The number of nitrogens with one attached hydrogen (secondary N) is 1. The molecule has 0 aromatic carbocycles. The molecule has 1 N–H and O–H groups in total. The molecule has 0 aliphatic carbocycles. The van der Waals surface area contributed by atoms with Crippen LogP contribution in [0, 0.1) is 0 Å². The first-order chi connectivity index (χ1) is 7.15. The summed E-state index contributed by atoms with van der Waals surface area (Å²) in [6.07, 6.45) is 2.49. The van der Waals surface area contributed by atoms with Crippen molar-refractivity contribution in [2.75, 3.05) is 19.6 Å². The molecule has 86 valence electrons. The fourth-order valence-electron chi connectivity index (χ4n) is 1.76. The number of piperidine rings is 1. The average molecular weight is 212 g/mol. The third kappa shape index (κ3) is 3.63. The molecule has 4 heteroatoms. The molecule has 0 aromatic heterocycles. The molecule has 1 rings (SSSR count). The normalized spacial score (nSPS) is 20.0. The Balaban J connectivity index is 2.40. The van der Waals surface area contributed by atoms with E-state index in [1.807, 2.05) is 18.7 Å². The standard InChI is InChI=1S/C11H20N2O2/c1-3-6-12-11(15)9(2)13-7-4-5-10(14)8-13/h9H,3-8H2,1-2H3,(H,12,15). The van der Waals surface area contributed by atoms with Crippen molar-refractivity contribution in [3.05, 3.63) is 0 Å². The fraction of sp³-hybridized carbons (Fsp3) is 0.818. The van der Waals surface area contributed by atoms with Crippen LogP contribution >= 0.6 is 0 Å². The highest BCUT2D eigenvalue weighted by atomic mass is 16.2. The summed E-state index contributed by atoms with van der Waals surface area (Å²) in [6.45, 7) is 5.89. The second kappa shape index (κ2) is 5.85. The van der Waals surface area contributed by atoms with Gasteiger partial charge in [-0.05, 0) is 26.3 Å². The van der Waals surface area contributed by atoms with Crippen LogP contribution in [0.2, 0.25) is 0 Å². The average Bonchev–Trinajstić information content (AvgIpc) is 2.24. The lowest BCUT2D eigenvalue weighted by atomic mass is 10.1. The number of hydrogen-bond donors (Lipinski definition) is 1. The molecule has 1 heterocycles. The van der Waals surface area contributed by atoms with Gasteiger partial charge in [-0.15, -0.1) is 0 Å². The first-order valence-electron chi connectivity index (χ1n) is 5.68. The van der Waals surface area contributed by atoms with E-state index < -0.39 is 0 Å². The highest BCUT2D eigenvalue weighted by Crippen LogP contribution is 2.09. The number of carbonyl (C=O) groups is 2. The lowest BCUT2D eigenvalue weighted by Crippen LogP contribution is -2.49. The number of Topliss-reactive ketones (excluding diaryl/α,β-unsaturated/α-hetero) is 1. The number of amides is 1. The van der Waals surface area contributed by atoms with Crippen molar-refractivity contribution < 1.29 is 9.59 Å². The number of nitrogens with zero attached hydrogens (tertiary/aromatic N) is 1. The molecular formula is C11H20N2O2. The van der Waals surface area contributed by atoms with Gasteiger partial charge in [-0.2, -0.15) is 0 Å². The van der Waals surface area contributed by atoms with E-state index in [9.17, 15) is 9.59 Å². The summed E-state index contributed by atoms with van der Waals surface area (Å²) in [5.74, 6) is 0.281. The molecule has 1 saturated heterocycles.